The molecule has 1 amide bonds. The molecule has 1 aliphatic heterocycles. The summed E-state index contributed by atoms with van der Waals surface area (Å²) >= 11 is 0. The average molecular weight is 265 g/mol. The van der Waals surface area contributed by atoms with Gasteiger partial charge in [0.25, 0.3) is 5.91 Å². The molecule has 0 radical (unpaired) electrons. The van der Waals surface area contributed by atoms with Gasteiger partial charge in [0.05, 0.1) is 7.11 Å². The predicted molar refractivity (Wildman–Crippen MR) is 66.4 cm³/mol. The van der Waals surface area contributed by atoms with Gasteiger partial charge in [0.2, 0.25) is 0 Å². The van der Waals surface area contributed by atoms with Gasteiger partial charge < -0.3 is 19.8 Å². The number of ether oxygens (including phenoxy) is 1. The van der Waals surface area contributed by atoms with Crippen LogP contribution >= 0.6 is 0 Å². The fourth-order valence-corrected chi connectivity index (χ4v) is 2.26. The Morgan fingerprint density at radius 3 is 2.74 bits per heavy atom. The maximum atomic E-state index is 12.2. The predicted octanol–water partition coefficient (Wildman–Crippen LogP) is 1.09. The number of phenols is 1. The summed E-state index contributed by atoms with van der Waals surface area (Å²) in [7, 11) is 1.41. The number of carboxylic acids is 1. The zero-order valence-corrected chi connectivity index (χ0v) is 10.5. The highest BCUT2D eigenvalue weighted by molar-refractivity contribution is 5.97. The lowest BCUT2D eigenvalue weighted by atomic mass is 10.1. The Bertz CT molecular complexity index is 514. The molecule has 1 fully saturated rings. The molecule has 6 heteroatoms. The highest BCUT2D eigenvalue weighted by atomic mass is 16.5. The first kappa shape index (κ1) is 13.2. The molecule has 1 heterocycles. The van der Waals surface area contributed by atoms with E-state index >= 15 is 0 Å². The van der Waals surface area contributed by atoms with Crippen molar-refractivity contribution in [2.24, 2.45) is 0 Å². The summed E-state index contributed by atoms with van der Waals surface area (Å²) in [5.41, 5.74) is 0.256. The summed E-state index contributed by atoms with van der Waals surface area (Å²) in [4.78, 5) is 24.6. The van der Waals surface area contributed by atoms with Crippen LogP contribution in [0, 0.1) is 0 Å². The van der Waals surface area contributed by atoms with Gasteiger partial charge in [-0.25, -0.2) is 4.79 Å². The molecule has 1 aliphatic rings. The standard InChI is InChI=1S/C13H15NO5/c1-19-11-5-4-8(7-10(11)15)12(16)14-6-2-3-9(14)13(17)18/h4-5,7,9,15H,2-3,6H2,1H3,(H,17,18)/t9-/m0/s1. The van der Waals surface area contributed by atoms with Gasteiger partial charge in [-0.2, -0.15) is 0 Å². The number of amides is 1. The molecule has 19 heavy (non-hydrogen) atoms. The zero-order chi connectivity index (χ0) is 14.0. The first-order chi connectivity index (χ1) is 9.04. The molecule has 1 saturated heterocycles. The van der Waals surface area contributed by atoms with Crippen molar-refractivity contribution >= 4 is 11.9 Å². The average Bonchev–Trinajstić information content (AvgIpc) is 2.87. The summed E-state index contributed by atoms with van der Waals surface area (Å²) in [6.07, 6.45) is 1.13. The molecule has 0 spiro atoms. The van der Waals surface area contributed by atoms with Crippen molar-refractivity contribution in [3.05, 3.63) is 23.8 Å². The molecule has 0 unspecified atom stereocenters. The SMILES string of the molecule is COc1ccc(C(=O)N2CCC[C@H]2C(=O)O)cc1O. The van der Waals surface area contributed by atoms with Crippen LogP contribution in [0.5, 0.6) is 11.5 Å². The molecule has 6 nitrogen and oxygen atoms in total. The number of carboxylic acid groups (broad SMARTS) is 1. The maximum Gasteiger partial charge on any atom is 0.326 e. The van der Waals surface area contributed by atoms with E-state index in [9.17, 15) is 14.7 Å². The largest absolute Gasteiger partial charge is 0.504 e. The number of likely N-dealkylation sites (tertiary alicyclic amines) is 1. The molecule has 0 bridgehead atoms. The van der Waals surface area contributed by atoms with Crippen molar-refractivity contribution in [3.8, 4) is 11.5 Å². The van der Waals surface area contributed by atoms with Crippen LogP contribution in [0.15, 0.2) is 18.2 Å². The zero-order valence-electron chi connectivity index (χ0n) is 10.5. The van der Waals surface area contributed by atoms with Crippen LogP contribution in [0.2, 0.25) is 0 Å². The lowest BCUT2D eigenvalue weighted by Crippen LogP contribution is -2.40. The minimum Gasteiger partial charge on any atom is -0.504 e. The van der Waals surface area contributed by atoms with E-state index in [2.05, 4.69) is 0 Å². The molecular weight excluding hydrogens is 250 g/mol. The molecule has 0 aromatic heterocycles. The third-order valence-electron chi connectivity index (χ3n) is 3.22. The quantitative estimate of drug-likeness (QED) is 0.854. The number of aliphatic carboxylic acids is 1. The third kappa shape index (κ3) is 2.47. The molecule has 2 N–H and O–H groups in total. The van der Waals surface area contributed by atoms with E-state index in [1.54, 1.807) is 0 Å². The third-order valence-corrected chi connectivity index (χ3v) is 3.22. The number of hydrogen-bond donors (Lipinski definition) is 2. The van der Waals surface area contributed by atoms with Crippen LogP contribution in [-0.4, -0.2) is 46.7 Å². The van der Waals surface area contributed by atoms with Crippen molar-refractivity contribution in [1.82, 2.24) is 4.90 Å². The first-order valence-corrected chi connectivity index (χ1v) is 5.95. The molecule has 0 aliphatic carbocycles. The number of phenolic OH excluding ortho intramolecular Hbond substituents is 1. The van der Waals surface area contributed by atoms with Gasteiger partial charge in [-0.15, -0.1) is 0 Å². The second-order valence-electron chi connectivity index (χ2n) is 4.38. The van der Waals surface area contributed by atoms with Gasteiger partial charge in [-0.1, -0.05) is 0 Å². The molecule has 1 atom stereocenters. The van der Waals surface area contributed by atoms with Gasteiger partial charge in [-0.3, -0.25) is 4.79 Å². The first-order valence-electron chi connectivity index (χ1n) is 5.95. The van der Waals surface area contributed by atoms with Crippen LogP contribution in [-0.2, 0) is 4.79 Å². The van der Waals surface area contributed by atoms with Crippen molar-refractivity contribution in [1.29, 1.82) is 0 Å². The minimum absolute atomic E-state index is 0.139. The Kier molecular flexibility index (Phi) is 3.59. The van der Waals surface area contributed by atoms with E-state index in [0.717, 1.165) is 0 Å². The summed E-state index contributed by atoms with van der Waals surface area (Å²) in [5.74, 6) is -1.25. The smallest absolute Gasteiger partial charge is 0.326 e. The van der Waals surface area contributed by atoms with Crippen LogP contribution in [0.25, 0.3) is 0 Å². The van der Waals surface area contributed by atoms with Gasteiger partial charge >= 0.3 is 5.97 Å². The number of aromatic hydroxyl groups is 1. The number of methoxy groups -OCH3 is 1. The Morgan fingerprint density at radius 1 is 1.42 bits per heavy atom. The van der Waals surface area contributed by atoms with Crippen molar-refractivity contribution in [3.63, 3.8) is 0 Å². The molecule has 1 aromatic carbocycles. The Labute approximate surface area is 110 Å². The Hall–Kier alpha value is -2.24. The molecule has 0 saturated carbocycles. The Morgan fingerprint density at radius 2 is 2.16 bits per heavy atom. The highest BCUT2D eigenvalue weighted by Crippen LogP contribution is 2.28. The van der Waals surface area contributed by atoms with E-state index < -0.39 is 12.0 Å². The molecule has 1 aromatic rings. The monoisotopic (exact) mass is 265 g/mol. The van der Waals surface area contributed by atoms with E-state index in [1.165, 1.54) is 30.2 Å². The summed E-state index contributed by atoms with van der Waals surface area (Å²) in [6.45, 7) is 0.419. The number of carbonyl (C=O) groups is 2. The fourth-order valence-electron chi connectivity index (χ4n) is 2.26. The fraction of sp³-hybridized carbons (Fsp3) is 0.385. The van der Waals surface area contributed by atoms with Crippen molar-refractivity contribution in [2.75, 3.05) is 13.7 Å². The van der Waals surface area contributed by atoms with Crippen LogP contribution < -0.4 is 4.74 Å². The van der Waals surface area contributed by atoms with E-state index in [0.29, 0.717) is 19.4 Å². The maximum absolute atomic E-state index is 12.2. The van der Waals surface area contributed by atoms with E-state index in [-0.39, 0.29) is 23.0 Å². The van der Waals surface area contributed by atoms with Gasteiger partial charge in [0.1, 0.15) is 6.04 Å². The van der Waals surface area contributed by atoms with Crippen LogP contribution in [0.4, 0.5) is 0 Å². The van der Waals surface area contributed by atoms with E-state index in [1.807, 2.05) is 0 Å². The molecule has 2 rings (SSSR count). The summed E-state index contributed by atoms with van der Waals surface area (Å²) in [5, 5.41) is 18.7. The number of nitrogens with zero attached hydrogens (tertiary/aromatic N) is 1. The van der Waals surface area contributed by atoms with Crippen molar-refractivity contribution < 1.29 is 24.5 Å². The molecule has 102 valence electrons. The van der Waals surface area contributed by atoms with Gasteiger partial charge in [0.15, 0.2) is 11.5 Å². The number of benzene rings is 1. The summed E-state index contributed by atoms with van der Waals surface area (Å²) in [6, 6.07) is 3.50. The van der Waals surface area contributed by atoms with Crippen molar-refractivity contribution in [2.45, 2.75) is 18.9 Å². The van der Waals surface area contributed by atoms with E-state index in [4.69, 9.17) is 9.84 Å². The lowest BCUT2D eigenvalue weighted by molar-refractivity contribution is -0.141. The second kappa shape index (κ2) is 5.17. The second-order valence-corrected chi connectivity index (χ2v) is 4.38. The summed E-state index contributed by atoms with van der Waals surface area (Å²) < 4.78 is 4.90. The normalized spacial score (nSPS) is 18.4. The highest BCUT2D eigenvalue weighted by Gasteiger charge is 2.34. The minimum atomic E-state index is -0.997. The number of hydrogen-bond acceptors (Lipinski definition) is 4. The van der Waals surface area contributed by atoms with Crippen LogP contribution in [0.3, 0.4) is 0 Å². The molecular formula is C13H15NO5. The number of rotatable bonds is 3. The number of carbonyl (C=O) groups excluding carboxylic acids is 1. The topological polar surface area (TPSA) is 87.1 Å². The van der Waals surface area contributed by atoms with Gasteiger partial charge in [0, 0.05) is 12.1 Å². The van der Waals surface area contributed by atoms with Crippen LogP contribution in [0.1, 0.15) is 23.2 Å². The Balaban J connectivity index is 2.24. The lowest BCUT2D eigenvalue weighted by Gasteiger charge is -2.21. The van der Waals surface area contributed by atoms with Gasteiger partial charge in [-0.05, 0) is 31.0 Å².